The van der Waals surface area contributed by atoms with Gasteiger partial charge in [-0.15, -0.1) is 0 Å². The number of hydrogen-bond acceptors (Lipinski definition) is 2. The summed E-state index contributed by atoms with van der Waals surface area (Å²) in [6.45, 7) is 9.49. The molecule has 3 rings (SSSR count). The van der Waals surface area contributed by atoms with E-state index in [9.17, 15) is 4.79 Å². The van der Waals surface area contributed by atoms with E-state index in [4.69, 9.17) is 9.84 Å². The Kier molecular flexibility index (Phi) is 6.42. The molecule has 0 aliphatic heterocycles. The second kappa shape index (κ2) is 8.99. The lowest BCUT2D eigenvalue weighted by Gasteiger charge is -2.17. The Balaban J connectivity index is 1.83. The van der Waals surface area contributed by atoms with Gasteiger partial charge in [-0.05, 0) is 62.9 Å². The topological polar surface area (TPSA) is 51.5 Å². The van der Waals surface area contributed by atoms with Gasteiger partial charge in [-0.25, -0.2) is 0 Å². The van der Waals surface area contributed by atoms with Crippen molar-refractivity contribution in [3.63, 3.8) is 0 Å². The SMILES string of the molecule is Cc1ccc(-c2ccc(CCC(=O)O)n2CCOc2c(C)cc(C)cc2C)cc1. The first-order valence-corrected chi connectivity index (χ1v) is 10.0. The van der Waals surface area contributed by atoms with Crippen LogP contribution in [-0.2, 0) is 17.8 Å². The van der Waals surface area contributed by atoms with Crippen molar-refractivity contribution in [2.75, 3.05) is 6.61 Å². The number of carbonyl (C=O) groups is 1. The Hall–Kier alpha value is -3.01. The number of aryl methyl sites for hydroxylation is 5. The highest BCUT2D eigenvalue weighted by atomic mass is 16.5. The van der Waals surface area contributed by atoms with Crippen molar-refractivity contribution < 1.29 is 14.6 Å². The molecule has 0 radical (unpaired) electrons. The van der Waals surface area contributed by atoms with Gasteiger partial charge < -0.3 is 14.4 Å². The molecular weight excluding hydrogens is 362 g/mol. The Morgan fingerprint density at radius 1 is 0.931 bits per heavy atom. The van der Waals surface area contributed by atoms with Gasteiger partial charge in [0, 0.05) is 11.4 Å². The van der Waals surface area contributed by atoms with Crippen LogP contribution in [0.1, 0.15) is 34.4 Å². The zero-order valence-corrected chi connectivity index (χ0v) is 17.7. The summed E-state index contributed by atoms with van der Waals surface area (Å²) < 4.78 is 8.34. The highest BCUT2D eigenvalue weighted by Crippen LogP contribution is 2.26. The van der Waals surface area contributed by atoms with Crippen LogP contribution >= 0.6 is 0 Å². The van der Waals surface area contributed by atoms with E-state index in [0.717, 1.165) is 33.8 Å². The van der Waals surface area contributed by atoms with Gasteiger partial charge in [0.25, 0.3) is 0 Å². The first-order chi connectivity index (χ1) is 13.8. The van der Waals surface area contributed by atoms with E-state index in [1.165, 1.54) is 11.1 Å². The van der Waals surface area contributed by atoms with Crippen LogP contribution in [0.3, 0.4) is 0 Å². The number of benzene rings is 2. The average Bonchev–Trinajstić information content (AvgIpc) is 3.05. The highest BCUT2D eigenvalue weighted by molar-refractivity contribution is 5.67. The molecule has 4 nitrogen and oxygen atoms in total. The fourth-order valence-electron chi connectivity index (χ4n) is 3.84. The molecule has 1 aromatic heterocycles. The molecule has 3 aromatic rings. The van der Waals surface area contributed by atoms with Crippen LogP contribution in [0.25, 0.3) is 11.3 Å². The summed E-state index contributed by atoms with van der Waals surface area (Å²) in [7, 11) is 0. The van der Waals surface area contributed by atoms with Gasteiger partial charge in [-0.3, -0.25) is 4.79 Å². The van der Waals surface area contributed by atoms with Crippen LogP contribution in [0.2, 0.25) is 0 Å². The normalized spacial score (nSPS) is 10.9. The maximum absolute atomic E-state index is 11.1. The number of hydrogen-bond donors (Lipinski definition) is 1. The Morgan fingerprint density at radius 3 is 2.21 bits per heavy atom. The number of nitrogens with zero attached hydrogens (tertiary/aromatic N) is 1. The summed E-state index contributed by atoms with van der Waals surface area (Å²) in [5.74, 6) is 0.156. The zero-order chi connectivity index (χ0) is 21.0. The summed E-state index contributed by atoms with van der Waals surface area (Å²) in [6.07, 6.45) is 0.623. The van der Waals surface area contributed by atoms with Gasteiger partial charge >= 0.3 is 5.97 Å². The van der Waals surface area contributed by atoms with Crippen molar-refractivity contribution in [2.45, 2.75) is 47.1 Å². The van der Waals surface area contributed by atoms with Gasteiger partial charge in [0.05, 0.1) is 13.0 Å². The van der Waals surface area contributed by atoms with Gasteiger partial charge in [0.1, 0.15) is 12.4 Å². The van der Waals surface area contributed by atoms with Crippen LogP contribution in [0.4, 0.5) is 0 Å². The molecule has 152 valence electrons. The van der Waals surface area contributed by atoms with Gasteiger partial charge in [-0.1, -0.05) is 47.5 Å². The quantitative estimate of drug-likeness (QED) is 0.553. The van der Waals surface area contributed by atoms with Gasteiger partial charge in [-0.2, -0.15) is 0 Å². The Labute approximate surface area is 172 Å². The highest BCUT2D eigenvalue weighted by Gasteiger charge is 2.12. The Morgan fingerprint density at radius 2 is 1.59 bits per heavy atom. The van der Waals surface area contributed by atoms with E-state index in [0.29, 0.717) is 19.6 Å². The summed E-state index contributed by atoms with van der Waals surface area (Å²) in [6, 6.07) is 16.8. The molecule has 1 heterocycles. The monoisotopic (exact) mass is 391 g/mol. The predicted molar refractivity (Wildman–Crippen MR) is 117 cm³/mol. The minimum atomic E-state index is -0.781. The van der Waals surface area contributed by atoms with E-state index in [-0.39, 0.29) is 6.42 Å². The third kappa shape index (κ3) is 5.08. The first kappa shape index (κ1) is 20.7. The molecule has 29 heavy (non-hydrogen) atoms. The fourth-order valence-corrected chi connectivity index (χ4v) is 3.84. The zero-order valence-electron chi connectivity index (χ0n) is 17.7. The van der Waals surface area contributed by atoms with E-state index >= 15 is 0 Å². The number of aliphatic carboxylic acids is 1. The summed E-state index contributed by atoms with van der Waals surface area (Å²) in [4.78, 5) is 11.1. The van der Waals surface area contributed by atoms with Crippen molar-refractivity contribution in [2.24, 2.45) is 0 Å². The molecule has 0 aliphatic carbocycles. The first-order valence-electron chi connectivity index (χ1n) is 10.0. The number of ether oxygens (including phenoxy) is 1. The van der Waals surface area contributed by atoms with Crippen molar-refractivity contribution in [3.8, 4) is 17.0 Å². The third-order valence-corrected chi connectivity index (χ3v) is 5.18. The average molecular weight is 392 g/mol. The number of carboxylic acids is 1. The van der Waals surface area contributed by atoms with Crippen molar-refractivity contribution in [3.05, 3.63) is 76.5 Å². The maximum Gasteiger partial charge on any atom is 0.303 e. The van der Waals surface area contributed by atoms with Crippen molar-refractivity contribution in [1.29, 1.82) is 0 Å². The minimum Gasteiger partial charge on any atom is -0.491 e. The van der Waals surface area contributed by atoms with Crippen molar-refractivity contribution in [1.82, 2.24) is 4.57 Å². The van der Waals surface area contributed by atoms with E-state index < -0.39 is 5.97 Å². The van der Waals surface area contributed by atoms with E-state index in [1.54, 1.807) is 0 Å². The third-order valence-electron chi connectivity index (χ3n) is 5.18. The lowest BCUT2D eigenvalue weighted by Crippen LogP contribution is -2.13. The number of rotatable bonds is 8. The number of carboxylic acid groups (broad SMARTS) is 1. The molecule has 4 heteroatoms. The molecule has 0 bridgehead atoms. The van der Waals surface area contributed by atoms with Crippen LogP contribution in [-0.4, -0.2) is 22.2 Å². The van der Waals surface area contributed by atoms with E-state index in [1.807, 2.05) is 6.07 Å². The standard InChI is InChI=1S/C25H29NO3/c1-17-5-7-21(8-6-17)23-11-9-22(10-12-24(27)28)26(23)13-14-29-25-19(3)15-18(2)16-20(25)4/h5-9,11,15-16H,10,12-14H2,1-4H3,(H,27,28). The molecule has 0 saturated heterocycles. The molecular formula is C25H29NO3. The fraction of sp³-hybridized carbons (Fsp3) is 0.320. The predicted octanol–water partition coefficient (Wildman–Crippen LogP) is 5.48. The lowest BCUT2D eigenvalue weighted by atomic mass is 10.1. The van der Waals surface area contributed by atoms with Crippen LogP contribution in [0.5, 0.6) is 5.75 Å². The largest absolute Gasteiger partial charge is 0.491 e. The molecule has 2 aromatic carbocycles. The van der Waals surface area contributed by atoms with Gasteiger partial charge in [0.15, 0.2) is 0 Å². The molecule has 0 atom stereocenters. The minimum absolute atomic E-state index is 0.119. The lowest BCUT2D eigenvalue weighted by molar-refractivity contribution is -0.136. The van der Waals surface area contributed by atoms with Crippen LogP contribution < -0.4 is 4.74 Å². The molecule has 0 aliphatic rings. The molecule has 0 fully saturated rings. The molecule has 0 saturated carbocycles. The second-order valence-corrected chi connectivity index (χ2v) is 7.70. The van der Waals surface area contributed by atoms with Crippen LogP contribution in [0.15, 0.2) is 48.5 Å². The Bertz CT molecular complexity index is 976. The summed E-state index contributed by atoms with van der Waals surface area (Å²) >= 11 is 0. The maximum atomic E-state index is 11.1. The van der Waals surface area contributed by atoms with Crippen LogP contribution in [0, 0.1) is 27.7 Å². The van der Waals surface area contributed by atoms with Crippen molar-refractivity contribution >= 4 is 5.97 Å². The summed E-state index contributed by atoms with van der Waals surface area (Å²) in [5.41, 5.74) is 7.96. The molecule has 0 amide bonds. The summed E-state index contributed by atoms with van der Waals surface area (Å²) in [5, 5.41) is 9.09. The van der Waals surface area contributed by atoms with E-state index in [2.05, 4.69) is 74.7 Å². The van der Waals surface area contributed by atoms with Gasteiger partial charge in [0.2, 0.25) is 0 Å². The smallest absolute Gasteiger partial charge is 0.303 e. The second-order valence-electron chi connectivity index (χ2n) is 7.70. The number of aromatic nitrogens is 1. The molecule has 1 N–H and O–H groups in total. The molecule has 0 spiro atoms. The molecule has 0 unspecified atom stereocenters.